The first-order valence-electron chi connectivity index (χ1n) is 26.9. The fourth-order valence-electron chi connectivity index (χ4n) is 12.8. The minimum Gasteiger partial charge on any atom is -0.310 e. The van der Waals surface area contributed by atoms with E-state index in [2.05, 4.69) is 270 Å². The first-order valence-corrected chi connectivity index (χ1v) is 27.7. The van der Waals surface area contributed by atoms with Crippen molar-refractivity contribution in [1.29, 1.82) is 0 Å². The molecule has 0 unspecified atom stereocenters. The number of para-hydroxylation sites is 4. The summed E-state index contributed by atoms with van der Waals surface area (Å²) in [6.07, 6.45) is 4.52. The molecule has 15 rings (SSSR count). The van der Waals surface area contributed by atoms with Crippen LogP contribution in [0, 0.1) is 0 Å². The number of rotatable bonds is 10. The Morgan fingerprint density at radius 1 is 0.382 bits per heavy atom. The van der Waals surface area contributed by atoms with Gasteiger partial charge in [-0.15, -0.1) is 0 Å². The molecule has 5 heteroatoms. The normalized spacial score (nSPS) is 12.6. The molecule has 0 N–H and O–H groups in total. The van der Waals surface area contributed by atoms with E-state index in [0.717, 1.165) is 18.5 Å². The maximum Gasteiger partial charge on any atom is 0.249 e. The number of fused-ring (bicyclic) bond motifs is 10. The van der Waals surface area contributed by atoms with Gasteiger partial charge in [0.2, 0.25) is 6.71 Å². The minimum atomic E-state index is -0.0134. The molecule has 2 aliphatic rings. The van der Waals surface area contributed by atoms with Crippen molar-refractivity contribution in [2.24, 2.45) is 0 Å². The van der Waals surface area contributed by atoms with Crippen LogP contribution in [0.4, 0.5) is 17.1 Å². The van der Waals surface area contributed by atoms with Crippen LogP contribution >= 0.6 is 11.8 Å². The first kappa shape index (κ1) is 44.7. The number of aromatic nitrogens is 2. The highest BCUT2D eigenvalue weighted by Gasteiger charge is 2.43. The molecule has 3 nitrogen and oxygen atoms in total. The number of unbranched alkanes of at least 4 members (excludes halogenated alkanes) is 2. The lowest BCUT2D eigenvalue weighted by molar-refractivity contribution is 0.717. The van der Waals surface area contributed by atoms with Crippen LogP contribution < -0.4 is 21.3 Å². The van der Waals surface area contributed by atoms with Gasteiger partial charge >= 0.3 is 0 Å². The smallest absolute Gasteiger partial charge is 0.249 e. The van der Waals surface area contributed by atoms with Crippen LogP contribution in [-0.2, 0) is 6.42 Å². The summed E-state index contributed by atoms with van der Waals surface area (Å²) in [6, 6.07) is 93.4. The van der Waals surface area contributed by atoms with Crippen LogP contribution in [0.25, 0.3) is 88.4 Å². The van der Waals surface area contributed by atoms with Crippen molar-refractivity contribution < 1.29 is 0 Å². The average molecular weight is 990 g/mol. The largest absolute Gasteiger partial charge is 0.310 e. The Balaban J connectivity index is 1.05. The van der Waals surface area contributed by atoms with Gasteiger partial charge in [-0.25, -0.2) is 0 Å². The third-order valence-corrected chi connectivity index (χ3v) is 17.3. The molecule has 13 aromatic rings. The van der Waals surface area contributed by atoms with Crippen LogP contribution in [-0.4, -0.2) is 15.8 Å². The van der Waals surface area contributed by atoms with E-state index >= 15 is 0 Å². The molecule has 76 heavy (non-hydrogen) atoms. The molecule has 0 fully saturated rings. The Morgan fingerprint density at radius 2 is 0.855 bits per heavy atom. The monoisotopic (exact) mass is 989 g/mol. The number of hydrogen-bond acceptors (Lipinski definition) is 2. The van der Waals surface area contributed by atoms with Crippen molar-refractivity contribution in [3.8, 4) is 44.8 Å². The van der Waals surface area contributed by atoms with E-state index in [0.29, 0.717) is 0 Å². The highest BCUT2D eigenvalue weighted by Crippen LogP contribution is 2.51. The van der Waals surface area contributed by atoms with Gasteiger partial charge in [-0.3, -0.25) is 0 Å². The summed E-state index contributed by atoms with van der Waals surface area (Å²) in [5, 5.41) is 5.06. The summed E-state index contributed by atoms with van der Waals surface area (Å²) >= 11 is 1.96. The fourth-order valence-corrected chi connectivity index (χ4v) is 14.0. The van der Waals surface area contributed by atoms with Crippen molar-refractivity contribution in [2.75, 3.05) is 4.90 Å². The second kappa shape index (κ2) is 18.3. The van der Waals surface area contributed by atoms with E-state index in [-0.39, 0.29) is 6.71 Å². The van der Waals surface area contributed by atoms with Gasteiger partial charge in [0.25, 0.3) is 0 Å². The van der Waals surface area contributed by atoms with Crippen LogP contribution in [0.15, 0.2) is 259 Å². The third-order valence-electron chi connectivity index (χ3n) is 16.2. The Labute approximate surface area is 448 Å². The zero-order valence-electron chi connectivity index (χ0n) is 42.3. The topological polar surface area (TPSA) is 13.1 Å². The van der Waals surface area contributed by atoms with Gasteiger partial charge < -0.3 is 14.0 Å². The first-order chi connectivity index (χ1) is 37.7. The van der Waals surface area contributed by atoms with E-state index < -0.39 is 0 Å². The molecule has 0 saturated heterocycles. The third kappa shape index (κ3) is 7.13. The number of benzene rings is 11. The Bertz CT molecular complexity index is 4240. The summed E-state index contributed by atoms with van der Waals surface area (Å²) in [5.74, 6) is 0. The molecular weight excluding hydrogens is 938 g/mol. The molecule has 0 spiro atoms. The van der Waals surface area contributed by atoms with E-state index in [1.807, 2.05) is 11.8 Å². The summed E-state index contributed by atoms with van der Waals surface area (Å²) in [5.41, 5.74) is 23.3. The highest BCUT2D eigenvalue weighted by atomic mass is 32.2. The van der Waals surface area contributed by atoms with Gasteiger partial charge in [0.1, 0.15) is 0 Å². The van der Waals surface area contributed by atoms with Crippen molar-refractivity contribution in [1.82, 2.24) is 9.13 Å². The van der Waals surface area contributed by atoms with Gasteiger partial charge in [0.15, 0.2) is 0 Å². The molecule has 2 aromatic heterocycles. The fraction of sp³-hybridized carbons (Fsp3) is 0.0704. The predicted octanol–water partition coefficient (Wildman–Crippen LogP) is 17.4. The molecule has 0 amide bonds. The van der Waals surface area contributed by atoms with Crippen molar-refractivity contribution in [3.05, 3.63) is 254 Å². The average Bonchev–Trinajstić information content (AvgIpc) is 4.14. The van der Waals surface area contributed by atoms with Gasteiger partial charge in [0, 0.05) is 65.2 Å². The Hall–Kier alpha value is -8.77. The maximum atomic E-state index is 2.70. The Morgan fingerprint density at radius 3 is 1.38 bits per heavy atom. The van der Waals surface area contributed by atoms with Crippen LogP contribution in [0.2, 0.25) is 0 Å². The van der Waals surface area contributed by atoms with E-state index in [1.54, 1.807) is 0 Å². The molecular formula is C71H52BN3S. The van der Waals surface area contributed by atoms with Gasteiger partial charge in [-0.05, 0) is 124 Å². The van der Waals surface area contributed by atoms with Gasteiger partial charge in [-0.1, -0.05) is 213 Å². The highest BCUT2D eigenvalue weighted by molar-refractivity contribution is 8.00. The van der Waals surface area contributed by atoms with Crippen LogP contribution in [0.5, 0.6) is 0 Å². The molecule has 11 aromatic carbocycles. The quantitative estimate of drug-likeness (QED) is 0.100. The lowest BCUT2D eigenvalue weighted by atomic mass is 9.34. The standard InChI is InChI=1S/C71H52BN3S/c1-2-3-7-22-47-41-67-70-69(42-47)76-68-46-53(74-64-35-20-16-31-56(64)57-32-17-21-36-65(57)74)38-40-61(68)72(70)60-39-37-52(73-62-33-18-14-29-54(62)55-30-15-19-34-63(55)73)45-66(60)75(67)71-58(49-25-10-5-11-26-49)43-51(48-23-8-4-9-24-48)44-59(71)50-27-12-6-13-28-50/h4-6,8-21,23-46H,2-3,7,22H2,1H3. The predicted molar refractivity (Wildman–Crippen MR) is 325 cm³/mol. The SMILES string of the molecule is CCCCCc1cc2c3c(c1)N(c1c(-c4ccccc4)cc(-c4ccccc4)cc1-c1ccccc1)c1cc(-n4c5ccccc5c5ccccc54)ccc1B3c1ccc(-n3c4ccccc4c4ccccc43)cc1S2. The van der Waals surface area contributed by atoms with Crippen LogP contribution in [0.1, 0.15) is 31.7 Å². The zero-order chi connectivity index (χ0) is 50.3. The summed E-state index contributed by atoms with van der Waals surface area (Å²) in [4.78, 5) is 5.34. The lowest BCUT2D eigenvalue weighted by Gasteiger charge is -2.42. The molecule has 0 saturated carbocycles. The molecule has 0 atom stereocenters. The number of hydrogen-bond donors (Lipinski definition) is 0. The van der Waals surface area contributed by atoms with Gasteiger partial charge in [-0.2, -0.15) is 0 Å². The second-order valence-electron chi connectivity index (χ2n) is 20.6. The maximum absolute atomic E-state index is 2.70. The van der Waals surface area contributed by atoms with Crippen molar-refractivity contribution >= 4 is 95.5 Å². The molecule has 0 radical (unpaired) electrons. The van der Waals surface area contributed by atoms with E-state index in [1.165, 1.54) is 144 Å². The molecule has 360 valence electrons. The Kier molecular flexibility index (Phi) is 10.7. The molecule has 0 bridgehead atoms. The van der Waals surface area contributed by atoms with Crippen molar-refractivity contribution in [3.63, 3.8) is 0 Å². The van der Waals surface area contributed by atoms with E-state index in [9.17, 15) is 0 Å². The number of aryl methyl sites for hydroxylation is 1. The van der Waals surface area contributed by atoms with Gasteiger partial charge in [0.05, 0.1) is 27.8 Å². The van der Waals surface area contributed by atoms with Crippen molar-refractivity contribution in [2.45, 2.75) is 42.4 Å². The molecule has 2 aliphatic heterocycles. The molecule has 0 aliphatic carbocycles. The minimum absolute atomic E-state index is 0.0134. The summed E-state index contributed by atoms with van der Waals surface area (Å²) < 4.78 is 4.96. The summed E-state index contributed by atoms with van der Waals surface area (Å²) in [7, 11) is 0. The summed E-state index contributed by atoms with van der Waals surface area (Å²) in [6.45, 7) is 2.30. The number of nitrogens with zero attached hydrogens (tertiary/aromatic N) is 3. The number of anilines is 3. The van der Waals surface area contributed by atoms with Crippen LogP contribution in [0.3, 0.4) is 0 Å². The van der Waals surface area contributed by atoms with E-state index in [4.69, 9.17) is 0 Å². The second-order valence-corrected chi connectivity index (χ2v) is 21.7. The molecule has 4 heterocycles. The lowest BCUT2D eigenvalue weighted by Crippen LogP contribution is -2.60. The zero-order valence-corrected chi connectivity index (χ0v) is 43.1.